The van der Waals surface area contributed by atoms with Crippen LogP contribution in [0.5, 0.6) is 0 Å². The van der Waals surface area contributed by atoms with Crippen LogP contribution in [0.15, 0.2) is 89.8 Å². The average Bonchev–Trinajstić information content (AvgIpc) is 2.95. The van der Waals surface area contributed by atoms with Gasteiger partial charge in [0.2, 0.25) is 11.8 Å². The normalized spacial score (nSPS) is 12.3. The number of amides is 2. The van der Waals surface area contributed by atoms with Crippen LogP contribution in [0.1, 0.15) is 58.1 Å². The zero-order valence-electron chi connectivity index (χ0n) is 24.1. The standard InChI is InChI=1S/C32H41N3O4S/c1-6-30(32(37)33-21-24(2)3)34(22-26-13-9-7-10-14-26)31(36)23-35(28-19-17-27(18-20-28)25(4)5)40(38,39)29-15-11-8-12-16-29/h7-20,24-25,30H,6,21-23H2,1-5H3,(H,33,37)/t30-/m0/s1. The molecule has 0 saturated heterocycles. The van der Waals surface area contributed by atoms with Crippen molar-refractivity contribution in [1.82, 2.24) is 10.2 Å². The second-order valence-corrected chi connectivity index (χ2v) is 12.5. The van der Waals surface area contributed by atoms with E-state index in [9.17, 15) is 18.0 Å². The summed E-state index contributed by atoms with van der Waals surface area (Å²) in [7, 11) is -4.08. The molecule has 0 heterocycles. The number of nitrogens with zero attached hydrogens (tertiary/aromatic N) is 2. The van der Waals surface area contributed by atoms with Crippen LogP contribution >= 0.6 is 0 Å². The summed E-state index contributed by atoms with van der Waals surface area (Å²) in [5.74, 6) is -0.187. The lowest BCUT2D eigenvalue weighted by Crippen LogP contribution is -2.52. The first-order valence-electron chi connectivity index (χ1n) is 13.8. The highest BCUT2D eigenvalue weighted by Gasteiger charge is 2.33. The van der Waals surface area contributed by atoms with Crippen molar-refractivity contribution in [3.05, 3.63) is 96.1 Å². The van der Waals surface area contributed by atoms with Gasteiger partial charge >= 0.3 is 0 Å². The molecule has 0 radical (unpaired) electrons. The molecular formula is C32H41N3O4S. The van der Waals surface area contributed by atoms with Gasteiger partial charge in [0, 0.05) is 13.1 Å². The largest absolute Gasteiger partial charge is 0.354 e. The molecule has 3 rings (SSSR count). The predicted molar refractivity (Wildman–Crippen MR) is 160 cm³/mol. The molecule has 1 atom stereocenters. The number of carbonyl (C=O) groups excluding carboxylic acids is 2. The van der Waals surface area contributed by atoms with Crippen LogP contribution < -0.4 is 9.62 Å². The maximum absolute atomic E-state index is 14.1. The van der Waals surface area contributed by atoms with E-state index in [1.54, 1.807) is 30.3 Å². The fourth-order valence-corrected chi connectivity index (χ4v) is 5.83. The van der Waals surface area contributed by atoms with Gasteiger partial charge in [0.1, 0.15) is 12.6 Å². The Bertz CT molecular complexity index is 1340. The molecule has 8 heteroatoms. The second kappa shape index (κ2) is 14.1. The molecule has 2 amide bonds. The predicted octanol–water partition coefficient (Wildman–Crippen LogP) is 5.58. The summed E-state index contributed by atoms with van der Waals surface area (Å²) < 4.78 is 28.9. The quantitative estimate of drug-likeness (QED) is 0.294. The molecule has 0 aromatic heterocycles. The number of anilines is 1. The van der Waals surface area contributed by atoms with Crippen molar-refractivity contribution in [3.63, 3.8) is 0 Å². The van der Waals surface area contributed by atoms with Gasteiger partial charge in [-0.1, -0.05) is 95.3 Å². The molecule has 0 aliphatic carbocycles. The lowest BCUT2D eigenvalue weighted by Gasteiger charge is -2.33. The third-order valence-electron chi connectivity index (χ3n) is 6.72. The lowest BCUT2D eigenvalue weighted by atomic mass is 10.0. The number of hydrogen-bond donors (Lipinski definition) is 1. The molecule has 3 aromatic rings. The van der Waals surface area contributed by atoms with Crippen LogP contribution in [0.4, 0.5) is 5.69 Å². The molecule has 0 saturated carbocycles. The zero-order chi connectivity index (χ0) is 29.3. The molecule has 214 valence electrons. The van der Waals surface area contributed by atoms with Gasteiger partial charge < -0.3 is 10.2 Å². The zero-order valence-corrected chi connectivity index (χ0v) is 24.9. The van der Waals surface area contributed by atoms with Crippen molar-refractivity contribution < 1.29 is 18.0 Å². The Morgan fingerprint density at radius 1 is 0.825 bits per heavy atom. The van der Waals surface area contributed by atoms with Gasteiger partial charge in [-0.15, -0.1) is 0 Å². The Morgan fingerprint density at radius 2 is 1.40 bits per heavy atom. The van der Waals surface area contributed by atoms with Gasteiger partial charge in [-0.2, -0.15) is 0 Å². The highest BCUT2D eigenvalue weighted by atomic mass is 32.2. The van der Waals surface area contributed by atoms with Gasteiger partial charge in [-0.25, -0.2) is 8.42 Å². The van der Waals surface area contributed by atoms with E-state index in [0.29, 0.717) is 18.7 Å². The van der Waals surface area contributed by atoms with Crippen LogP contribution in [0.3, 0.4) is 0 Å². The van der Waals surface area contributed by atoms with Crippen molar-refractivity contribution in [2.45, 2.75) is 64.4 Å². The number of hydrogen-bond acceptors (Lipinski definition) is 4. The van der Waals surface area contributed by atoms with Crippen LogP contribution in [0.2, 0.25) is 0 Å². The van der Waals surface area contributed by atoms with E-state index < -0.39 is 28.5 Å². The first-order chi connectivity index (χ1) is 19.0. The maximum atomic E-state index is 14.1. The highest BCUT2D eigenvalue weighted by Crippen LogP contribution is 2.26. The molecule has 1 N–H and O–H groups in total. The fourth-order valence-electron chi connectivity index (χ4n) is 4.40. The lowest BCUT2D eigenvalue weighted by molar-refractivity contribution is -0.140. The Labute approximate surface area is 239 Å². The van der Waals surface area contributed by atoms with E-state index in [1.807, 2.05) is 63.2 Å². The van der Waals surface area contributed by atoms with Gasteiger partial charge in [0.05, 0.1) is 10.6 Å². The van der Waals surface area contributed by atoms with E-state index in [-0.39, 0.29) is 29.2 Å². The van der Waals surface area contributed by atoms with Gasteiger partial charge in [-0.05, 0) is 53.6 Å². The minimum absolute atomic E-state index is 0.0899. The van der Waals surface area contributed by atoms with Crippen molar-refractivity contribution in [2.75, 3.05) is 17.4 Å². The van der Waals surface area contributed by atoms with Gasteiger partial charge in [0.15, 0.2) is 0 Å². The molecule has 0 spiro atoms. The monoisotopic (exact) mass is 563 g/mol. The third-order valence-corrected chi connectivity index (χ3v) is 8.51. The summed E-state index contributed by atoms with van der Waals surface area (Å²) in [6.45, 7) is 10.2. The minimum atomic E-state index is -4.08. The van der Waals surface area contributed by atoms with E-state index in [1.165, 1.54) is 17.0 Å². The molecule has 0 fully saturated rings. The van der Waals surface area contributed by atoms with E-state index in [2.05, 4.69) is 19.2 Å². The molecule has 7 nitrogen and oxygen atoms in total. The highest BCUT2D eigenvalue weighted by molar-refractivity contribution is 7.92. The van der Waals surface area contributed by atoms with Crippen LogP contribution in [0.25, 0.3) is 0 Å². The van der Waals surface area contributed by atoms with Crippen molar-refractivity contribution in [2.24, 2.45) is 5.92 Å². The Kier molecular flexibility index (Phi) is 10.9. The molecule has 0 bridgehead atoms. The molecule has 0 unspecified atom stereocenters. The first kappa shape index (κ1) is 30.9. The first-order valence-corrected chi connectivity index (χ1v) is 15.3. The molecule has 0 aliphatic heterocycles. The summed E-state index contributed by atoms with van der Waals surface area (Å²) >= 11 is 0. The number of benzene rings is 3. The summed E-state index contributed by atoms with van der Waals surface area (Å²) in [4.78, 5) is 28.9. The van der Waals surface area contributed by atoms with Gasteiger partial charge in [-0.3, -0.25) is 13.9 Å². The smallest absolute Gasteiger partial charge is 0.264 e. The number of nitrogens with one attached hydrogen (secondary N) is 1. The Morgan fingerprint density at radius 3 is 1.93 bits per heavy atom. The number of sulfonamides is 1. The Balaban J connectivity index is 2.03. The maximum Gasteiger partial charge on any atom is 0.264 e. The molecule has 3 aromatic carbocycles. The van der Waals surface area contributed by atoms with E-state index in [0.717, 1.165) is 15.4 Å². The molecular weight excluding hydrogens is 522 g/mol. The second-order valence-electron chi connectivity index (χ2n) is 10.6. The number of rotatable bonds is 13. The summed E-state index contributed by atoms with van der Waals surface area (Å²) in [5, 5.41) is 2.95. The van der Waals surface area contributed by atoms with Gasteiger partial charge in [0.25, 0.3) is 10.0 Å². The van der Waals surface area contributed by atoms with Crippen molar-refractivity contribution in [3.8, 4) is 0 Å². The van der Waals surface area contributed by atoms with Crippen LogP contribution in [-0.4, -0.2) is 44.3 Å². The van der Waals surface area contributed by atoms with Crippen LogP contribution in [-0.2, 0) is 26.2 Å². The van der Waals surface area contributed by atoms with Crippen LogP contribution in [0, 0.1) is 5.92 Å². The summed E-state index contributed by atoms with van der Waals surface area (Å²) in [6.07, 6.45) is 0.386. The summed E-state index contributed by atoms with van der Waals surface area (Å²) in [5.41, 5.74) is 2.30. The third kappa shape index (κ3) is 7.94. The molecule has 40 heavy (non-hydrogen) atoms. The average molecular weight is 564 g/mol. The Hall–Kier alpha value is -3.65. The van der Waals surface area contributed by atoms with Crippen molar-refractivity contribution in [1.29, 1.82) is 0 Å². The van der Waals surface area contributed by atoms with E-state index >= 15 is 0 Å². The van der Waals surface area contributed by atoms with E-state index in [4.69, 9.17) is 0 Å². The summed E-state index contributed by atoms with van der Waals surface area (Å²) in [6, 6.07) is 24.0. The molecule has 0 aliphatic rings. The SMILES string of the molecule is CC[C@@H](C(=O)NCC(C)C)N(Cc1ccccc1)C(=O)CN(c1ccc(C(C)C)cc1)S(=O)(=O)c1ccccc1. The minimum Gasteiger partial charge on any atom is -0.354 e. The fraction of sp³-hybridized carbons (Fsp3) is 0.375. The van der Waals surface area contributed by atoms with Crippen molar-refractivity contribution >= 4 is 27.5 Å². The number of carbonyl (C=O) groups is 2. The topological polar surface area (TPSA) is 86.8 Å².